The number of carbonyl (C=O) groups excluding carboxylic acids is 1. The van der Waals surface area contributed by atoms with Crippen LogP contribution in [0.5, 0.6) is 5.75 Å². The van der Waals surface area contributed by atoms with Gasteiger partial charge in [0.25, 0.3) is 11.6 Å². The van der Waals surface area contributed by atoms with E-state index in [1.165, 1.54) is 0 Å². The molecule has 0 aliphatic carbocycles. The number of alkyl halides is 3. The summed E-state index contributed by atoms with van der Waals surface area (Å²) >= 11 is 0. The largest absolute Gasteiger partial charge is 0.484 e. The minimum atomic E-state index is -4.63. The van der Waals surface area contributed by atoms with Crippen molar-refractivity contribution in [3.63, 3.8) is 0 Å². The molecule has 0 heterocycles. The van der Waals surface area contributed by atoms with Gasteiger partial charge in [0, 0.05) is 18.7 Å². The maximum absolute atomic E-state index is 13.1. The summed E-state index contributed by atoms with van der Waals surface area (Å²) in [6, 6.07) is 5.04. The van der Waals surface area contributed by atoms with Crippen molar-refractivity contribution in [2.45, 2.75) is 12.7 Å². The summed E-state index contributed by atoms with van der Waals surface area (Å²) in [5.41, 5.74) is -1.18. The molecule has 0 spiro atoms. The number of amides is 1. The third-order valence-electron chi connectivity index (χ3n) is 3.19. The highest BCUT2D eigenvalue weighted by molar-refractivity contribution is 5.98. The van der Waals surface area contributed by atoms with E-state index in [4.69, 9.17) is 0 Å². The number of hydrogen-bond donors (Lipinski definition) is 1. The van der Waals surface area contributed by atoms with E-state index in [9.17, 15) is 36.9 Å². The number of halogens is 5. The molecular weight excluding hydrogens is 379 g/mol. The van der Waals surface area contributed by atoms with Crippen molar-refractivity contribution < 1.29 is 36.4 Å². The monoisotopic (exact) mass is 390 g/mol. The van der Waals surface area contributed by atoms with Gasteiger partial charge in [0.15, 0.2) is 6.61 Å². The van der Waals surface area contributed by atoms with Crippen molar-refractivity contribution in [3.05, 3.63) is 69.3 Å². The van der Waals surface area contributed by atoms with Crippen LogP contribution in [0.15, 0.2) is 36.4 Å². The highest BCUT2D eigenvalue weighted by Crippen LogP contribution is 2.26. The first-order valence-electron chi connectivity index (χ1n) is 7.26. The molecule has 0 saturated carbocycles. The zero-order valence-electron chi connectivity index (χ0n) is 13.3. The standard InChI is InChI=1S/C16H11F5N2O4/c17-10-3-9(4-11(18)5-10)7-22-15(24)13-6-12(27-8-16(19,20)21)1-2-14(13)23(25)26/h1-6H,7-8H2,(H,22,24). The zero-order valence-corrected chi connectivity index (χ0v) is 13.3. The topological polar surface area (TPSA) is 81.5 Å². The first kappa shape index (κ1) is 20.1. The molecule has 0 fully saturated rings. The zero-order chi connectivity index (χ0) is 20.2. The first-order valence-corrected chi connectivity index (χ1v) is 7.26. The van der Waals surface area contributed by atoms with Gasteiger partial charge in [-0.1, -0.05) is 0 Å². The van der Waals surface area contributed by atoms with Crippen LogP contribution in [0.4, 0.5) is 27.6 Å². The lowest BCUT2D eigenvalue weighted by molar-refractivity contribution is -0.385. The number of nitro groups is 1. The normalized spacial score (nSPS) is 11.1. The van der Waals surface area contributed by atoms with Gasteiger partial charge in [0.05, 0.1) is 4.92 Å². The van der Waals surface area contributed by atoms with Crippen LogP contribution in [0.25, 0.3) is 0 Å². The molecule has 0 bridgehead atoms. The van der Waals surface area contributed by atoms with Crippen LogP contribution in [-0.2, 0) is 6.54 Å². The van der Waals surface area contributed by atoms with Gasteiger partial charge >= 0.3 is 6.18 Å². The molecule has 144 valence electrons. The Bertz CT molecular complexity index is 850. The summed E-state index contributed by atoms with van der Waals surface area (Å²) in [6.45, 7) is -2.01. The minimum Gasteiger partial charge on any atom is -0.484 e. The highest BCUT2D eigenvalue weighted by atomic mass is 19.4. The van der Waals surface area contributed by atoms with Crippen LogP contribution in [0.1, 0.15) is 15.9 Å². The average Bonchev–Trinajstić information content (AvgIpc) is 2.56. The molecule has 1 N–H and O–H groups in total. The first-order chi connectivity index (χ1) is 12.5. The predicted octanol–water partition coefficient (Wildman–Crippen LogP) is 3.74. The second-order valence-corrected chi connectivity index (χ2v) is 5.30. The van der Waals surface area contributed by atoms with Gasteiger partial charge in [0.1, 0.15) is 22.9 Å². The lowest BCUT2D eigenvalue weighted by Gasteiger charge is -2.11. The van der Waals surface area contributed by atoms with Crippen LogP contribution in [0.2, 0.25) is 0 Å². The number of ether oxygens (including phenoxy) is 1. The molecule has 0 aromatic heterocycles. The molecule has 0 aliphatic heterocycles. The lowest BCUT2D eigenvalue weighted by Crippen LogP contribution is -2.24. The molecular formula is C16H11F5N2O4. The van der Waals surface area contributed by atoms with E-state index in [2.05, 4.69) is 10.1 Å². The summed E-state index contributed by atoms with van der Waals surface area (Å²) in [6.07, 6.45) is -4.63. The van der Waals surface area contributed by atoms with Crippen molar-refractivity contribution in [1.29, 1.82) is 0 Å². The molecule has 6 nitrogen and oxygen atoms in total. The molecule has 0 unspecified atom stereocenters. The fraction of sp³-hybridized carbons (Fsp3) is 0.188. The van der Waals surface area contributed by atoms with Crippen molar-refractivity contribution in [2.24, 2.45) is 0 Å². The predicted molar refractivity (Wildman–Crippen MR) is 82.2 cm³/mol. The molecule has 2 aromatic rings. The van der Waals surface area contributed by atoms with Crippen molar-refractivity contribution in [2.75, 3.05) is 6.61 Å². The summed E-state index contributed by atoms with van der Waals surface area (Å²) in [4.78, 5) is 22.3. The molecule has 1 amide bonds. The number of carbonyl (C=O) groups is 1. The van der Waals surface area contributed by atoms with Gasteiger partial charge in [-0.15, -0.1) is 0 Å². The Morgan fingerprint density at radius 3 is 2.30 bits per heavy atom. The number of benzene rings is 2. The van der Waals surface area contributed by atoms with Gasteiger partial charge in [-0.2, -0.15) is 13.2 Å². The Morgan fingerprint density at radius 1 is 1.11 bits per heavy atom. The van der Waals surface area contributed by atoms with E-state index in [1.807, 2.05) is 0 Å². The fourth-order valence-corrected chi connectivity index (χ4v) is 2.10. The maximum atomic E-state index is 13.1. The summed E-state index contributed by atoms with van der Waals surface area (Å²) in [5.74, 6) is -3.19. The van der Waals surface area contributed by atoms with Crippen molar-refractivity contribution in [3.8, 4) is 5.75 Å². The maximum Gasteiger partial charge on any atom is 0.422 e. The second kappa shape index (κ2) is 7.98. The van der Waals surface area contributed by atoms with E-state index < -0.39 is 52.2 Å². The Kier molecular flexibility index (Phi) is 5.93. The molecule has 2 rings (SSSR count). The van der Waals surface area contributed by atoms with Gasteiger partial charge in [-0.25, -0.2) is 8.78 Å². The number of rotatable bonds is 6. The molecule has 0 saturated heterocycles. The Hall–Kier alpha value is -3.24. The van der Waals surface area contributed by atoms with Gasteiger partial charge in [-0.05, 0) is 29.8 Å². The molecule has 0 atom stereocenters. The van der Waals surface area contributed by atoms with E-state index in [-0.39, 0.29) is 12.1 Å². The highest BCUT2D eigenvalue weighted by Gasteiger charge is 2.29. The number of nitro benzene ring substituents is 1. The third kappa shape index (κ3) is 5.90. The number of nitrogens with zero attached hydrogens (tertiary/aromatic N) is 1. The van der Waals surface area contributed by atoms with Crippen LogP contribution in [0, 0.1) is 21.7 Å². The summed E-state index contributed by atoms with van der Waals surface area (Å²) < 4.78 is 67.3. The van der Waals surface area contributed by atoms with Crippen LogP contribution >= 0.6 is 0 Å². The molecule has 0 radical (unpaired) electrons. The van der Waals surface area contributed by atoms with E-state index >= 15 is 0 Å². The fourth-order valence-electron chi connectivity index (χ4n) is 2.10. The SMILES string of the molecule is O=C(NCc1cc(F)cc(F)c1)c1cc(OCC(F)(F)F)ccc1[N+](=O)[O-]. The molecule has 2 aromatic carbocycles. The van der Waals surface area contributed by atoms with E-state index in [0.29, 0.717) is 6.07 Å². The number of hydrogen-bond acceptors (Lipinski definition) is 4. The quantitative estimate of drug-likeness (QED) is 0.463. The minimum absolute atomic E-state index is 0.0491. The number of nitrogens with one attached hydrogen (secondary N) is 1. The van der Waals surface area contributed by atoms with Gasteiger partial charge in [0.2, 0.25) is 0 Å². The van der Waals surface area contributed by atoms with Crippen LogP contribution in [0.3, 0.4) is 0 Å². The summed E-state index contributed by atoms with van der Waals surface area (Å²) in [5, 5.41) is 13.2. The van der Waals surface area contributed by atoms with E-state index in [1.54, 1.807) is 0 Å². The van der Waals surface area contributed by atoms with E-state index in [0.717, 1.165) is 30.3 Å². The van der Waals surface area contributed by atoms with Gasteiger partial charge in [-0.3, -0.25) is 14.9 Å². The Balaban J connectivity index is 2.20. The van der Waals surface area contributed by atoms with Crippen molar-refractivity contribution >= 4 is 11.6 Å². The molecule has 11 heteroatoms. The van der Waals surface area contributed by atoms with Crippen LogP contribution in [-0.4, -0.2) is 23.6 Å². The Morgan fingerprint density at radius 2 is 1.74 bits per heavy atom. The van der Waals surface area contributed by atoms with Gasteiger partial charge < -0.3 is 10.1 Å². The Labute approximate surface area is 148 Å². The summed E-state index contributed by atoms with van der Waals surface area (Å²) in [7, 11) is 0. The average molecular weight is 390 g/mol. The second-order valence-electron chi connectivity index (χ2n) is 5.30. The lowest BCUT2D eigenvalue weighted by atomic mass is 10.1. The molecule has 0 aliphatic rings. The molecule has 27 heavy (non-hydrogen) atoms. The third-order valence-corrected chi connectivity index (χ3v) is 3.19. The smallest absolute Gasteiger partial charge is 0.422 e. The van der Waals surface area contributed by atoms with Crippen LogP contribution < -0.4 is 10.1 Å². The van der Waals surface area contributed by atoms with Crippen molar-refractivity contribution in [1.82, 2.24) is 5.32 Å².